The van der Waals surface area contributed by atoms with Crippen LogP contribution in [0.5, 0.6) is 0 Å². The number of benzene rings is 1. The van der Waals surface area contributed by atoms with Crippen molar-refractivity contribution in [2.75, 3.05) is 19.8 Å². The molecule has 0 aromatic heterocycles. The zero-order valence-corrected chi connectivity index (χ0v) is 14.0. The van der Waals surface area contributed by atoms with Crippen LogP contribution in [0.15, 0.2) is 24.3 Å². The molecule has 1 aliphatic carbocycles. The highest BCUT2D eigenvalue weighted by atomic mass is 16.5. The first kappa shape index (κ1) is 15.9. The summed E-state index contributed by atoms with van der Waals surface area (Å²) in [5.41, 5.74) is 2.31. The maximum atomic E-state index is 12.9. The van der Waals surface area contributed by atoms with Crippen molar-refractivity contribution in [2.45, 2.75) is 50.3 Å². The molecule has 5 nitrogen and oxygen atoms in total. The Morgan fingerprint density at radius 1 is 1.29 bits per heavy atom. The van der Waals surface area contributed by atoms with Gasteiger partial charge in [-0.3, -0.25) is 0 Å². The number of nitrogens with one attached hydrogen (secondary N) is 1. The average molecular weight is 330 g/mol. The smallest absolute Gasteiger partial charge is 0.318 e. The van der Waals surface area contributed by atoms with Gasteiger partial charge in [0.05, 0.1) is 18.8 Å². The van der Waals surface area contributed by atoms with Crippen LogP contribution >= 0.6 is 0 Å². The molecule has 4 rings (SSSR count). The Kier molecular flexibility index (Phi) is 4.46. The Balaban J connectivity index is 1.48. The molecule has 2 aliphatic heterocycles. The molecule has 0 bridgehead atoms. The van der Waals surface area contributed by atoms with Crippen LogP contribution in [-0.2, 0) is 11.2 Å². The Morgan fingerprint density at radius 2 is 2.17 bits per heavy atom. The maximum absolute atomic E-state index is 12.9. The highest BCUT2D eigenvalue weighted by Gasteiger charge is 2.39. The van der Waals surface area contributed by atoms with Crippen LogP contribution in [0.1, 0.15) is 42.9 Å². The molecule has 4 atom stereocenters. The van der Waals surface area contributed by atoms with Gasteiger partial charge in [0, 0.05) is 25.1 Å². The summed E-state index contributed by atoms with van der Waals surface area (Å²) in [5, 5.41) is 13.1. The maximum Gasteiger partial charge on any atom is 0.318 e. The lowest BCUT2D eigenvalue weighted by molar-refractivity contribution is 0.0522. The molecule has 4 unspecified atom stereocenters. The minimum atomic E-state index is -0.242. The highest BCUT2D eigenvalue weighted by Crippen LogP contribution is 2.35. The first-order chi connectivity index (χ1) is 11.8. The predicted molar refractivity (Wildman–Crippen MR) is 90.7 cm³/mol. The Bertz CT molecular complexity index is 606. The summed E-state index contributed by atoms with van der Waals surface area (Å²) in [6.45, 7) is 1.44. The quantitative estimate of drug-likeness (QED) is 0.874. The number of hydrogen-bond donors (Lipinski definition) is 2. The SMILES string of the molecule is O=C(NC1CCCC2OCCC12)N1CCc2ccccc2C1CO. The van der Waals surface area contributed by atoms with Gasteiger partial charge in [0.15, 0.2) is 0 Å². The normalized spacial score (nSPS) is 32.1. The van der Waals surface area contributed by atoms with Crippen LogP contribution in [0.3, 0.4) is 0 Å². The van der Waals surface area contributed by atoms with Crippen LogP contribution in [-0.4, -0.2) is 47.9 Å². The van der Waals surface area contributed by atoms with Gasteiger partial charge in [-0.1, -0.05) is 24.3 Å². The van der Waals surface area contributed by atoms with Crippen LogP contribution < -0.4 is 5.32 Å². The van der Waals surface area contributed by atoms with Crippen LogP contribution in [0.4, 0.5) is 4.79 Å². The Labute approximate surface area is 143 Å². The Morgan fingerprint density at radius 3 is 3.04 bits per heavy atom. The van der Waals surface area contributed by atoms with Crippen LogP contribution in [0.25, 0.3) is 0 Å². The molecule has 1 saturated heterocycles. The lowest BCUT2D eigenvalue weighted by atomic mass is 9.82. The monoisotopic (exact) mass is 330 g/mol. The van der Waals surface area contributed by atoms with Crippen molar-refractivity contribution in [3.8, 4) is 0 Å². The van der Waals surface area contributed by atoms with Gasteiger partial charge < -0.3 is 20.1 Å². The third-order valence-electron chi connectivity index (χ3n) is 5.94. The first-order valence-corrected chi connectivity index (χ1v) is 9.15. The van der Waals surface area contributed by atoms with Gasteiger partial charge in [-0.05, 0) is 43.2 Å². The summed E-state index contributed by atoms with van der Waals surface area (Å²) in [7, 11) is 0. The van der Waals surface area contributed by atoms with E-state index in [-0.39, 0.29) is 24.7 Å². The van der Waals surface area contributed by atoms with Crippen LogP contribution in [0, 0.1) is 5.92 Å². The van der Waals surface area contributed by atoms with E-state index in [0.29, 0.717) is 18.6 Å². The van der Waals surface area contributed by atoms with Crippen molar-refractivity contribution in [1.29, 1.82) is 0 Å². The standard InChI is InChI=1S/C19H26N2O3/c22-12-17-14-5-2-1-4-13(14)8-10-21(17)19(23)20-16-6-3-7-18-15(16)9-11-24-18/h1-2,4-5,15-18,22H,3,6-12H2,(H,20,23). The third-order valence-corrected chi connectivity index (χ3v) is 5.94. The second-order valence-corrected chi connectivity index (χ2v) is 7.19. The zero-order valence-electron chi connectivity index (χ0n) is 14.0. The molecule has 1 aromatic rings. The first-order valence-electron chi connectivity index (χ1n) is 9.15. The fourth-order valence-corrected chi connectivity index (χ4v) is 4.69. The summed E-state index contributed by atoms with van der Waals surface area (Å²) in [5.74, 6) is 0.451. The summed E-state index contributed by atoms with van der Waals surface area (Å²) in [6.07, 6.45) is 5.47. The van der Waals surface area contributed by atoms with Crippen molar-refractivity contribution in [3.63, 3.8) is 0 Å². The number of aliphatic hydroxyl groups is 1. The second-order valence-electron chi connectivity index (χ2n) is 7.19. The molecule has 2 amide bonds. The molecule has 2 fully saturated rings. The van der Waals surface area contributed by atoms with E-state index in [9.17, 15) is 9.90 Å². The van der Waals surface area contributed by atoms with E-state index < -0.39 is 0 Å². The van der Waals surface area contributed by atoms with Gasteiger partial charge >= 0.3 is 6.03 Å². The van der Waals surface area contributed by atoms with E-state index in [1.165, 1.54) is 5.56 Å². The zero-order chi connectivity index (χ0) is 16.5. The number of carbonyl (C=O) groups excluding carboxylic acids is 1. The van der Waals surface area contributed by atoms with Crippen molar-refractivity contribution in [1.82, 2.24) is 10.2 Å². The second kappa shape index (κ2) is 6.73. The van der Waals surface area contributed by atoms with E-state index in [4.69, 9.17) is 4.74 Å². The minimum absolute atomic E-state index is 0.0374. The predicted octanol–water partition coefficient (Wildman–Crippen LogP) is 2.25. The topological polar surface area (TPSA) is 61.8 Å². The van der Waals surface area contributed by atoms with Gasteiger partial charge in [-0.15, -0.1) is 0 Å². The largest absolute Gasteiger partial charge is 0.394 e. The number of carbonyl (C=O) groups is 1. The number of hydrogen-bond acceptors (Lipinski definition) is 3. The number of rotatable bonds is 2. The highest BCUT2D eigenvalue weighted by molar-refractivity contribution is 5.75. The Hall–Kier alpha value is -1.59. The molecule has 2 N–H and O–H groups in total. The molecule has 0 radical (unpaired) electrons. The average Bonchev–Trinajstić information content (AvgIpc) is 3.10. The molecule has 2 heterocycles. The number of amides is 2. The van der Waals surface area contributed by atoms with Gasteiger partial charge in [0.1, 0.15) is 0 Å². The third kappa shape index (κ3) is 2.80. The van der Waals surface area contributed by atoms with E-state index in [1.807, 2.05) is 23.1 Å². The molecule has 1 saturated carbocycles. The fourth-order valence-electron chi connectivity index (χ4n) is 4.69. The van der Waals surface area contributed by atoms with Gasteiger partial charge in [-0.2, -0.15) is 0 Å². The van der Waals surface area contributed by atoms with Gasteiger partial charge in [0.2, 0.25) is 0 Å². The lowest BCUT2D eigenvalue weighted by Crippen LogP contribution is -2.53. The lowest BCUT2D eigenvalue weighted by Gasteiger charge is -2.39. The molecular formula is C19H26N2O3. The number of nitrogens with zero attached hydrogens (tertiary/aromatic N) is 1. The summed E-state index contributed by atoms with van der Waals surface area (Å²) in [6, 6.07) is 8.03. The molecule has 130 valence electrons. The van der Waals surface area contributed by atoms with Crippen LogP contribution in [0.2, 0.25) is 0 Å². The van der Waals surface area contributed by atoms with Crippen molar-refractivity contribution < 1.29 is 14.6 Å². The summed E-state index contributed by atoms with van der Waals surface area (Å²) in [4.78, 5) is 14.7. The number of urea groups is 1. The number of aliphatic hydroxyl groups excluding tert-OH is 1. The van der Waals surface area contributed by atoms with Gasteiger partial charge in [-0.25, -0.2) is 4.79 Å². The van der Waals surface area contributed by atoms with Crippen molar-refractivity contribution in [3.05, 3.63) is 35.4 Å². The van der Waals surface area contributed by atoms with E-state index in [0.717, 1.165) is 44.3 Å². The van der Waals surface area contributed by atoms with E-state index in [1.54, 1.807) is 0 Å². The molecule has 0 spiro atoms. The fraction of sp³-hybridized carbons (Fsp3) is 0.632. The van der Waals surface area contributed by atoms with E-state index in [2.05, 4.69) is 11.4 Å². The summed E-state index contributed by atoms with van der Waals surface area (Å²) < 4.78 is 5.80. The molecule has 24 heavy (non-hydrogen) atoms. The van der Waals surface area contributed by atoms with Crippen molar-refractivity contribution >= 4 is 6.03 Å². The number of ether oxygens (including phenoxy) is 1. The molecule has 1 aromatic carbocycles. The molecular weight excluding hydrogens is 304 g/mol. The van der Waals surface area contributed by atoms with Gasteiger partial charge in [0.25, 0.3) is 0 Å². The minimum Gasteiger partial charge on any atom is -0.394 e. The van der Waals surface area contributed by atoms with E-state index >= 15 is 0 Å². The molecule has 5 heteroatoms. The van der Waals surface area contributed by atoms with Crippen molar-refractivity contribution in [2.24, 2.45) is 5.92 Å². The molecule has 3 aliphatic rings. The summed E-state index contributed by atoms with van der Waals surface area (Å²) >= 11 is 0. The number of fused-ring (bicyclic) bond motifs is 2.